The van der Waals surface area contributed by atoms with Crippen molar-refractivity contribution in [3.63, 3.8) is 0 Å². The molecule has 5 nitrogen and oxygen atoms in total. The van der Waals surface area contributed by atoms with Crippen LogP contribution in [0, 0.1) is 5.82 Å². The number of aromatic nitrogens is 4. The Bertz CT molecular complexity index is 1180. The molecule has 2 aromatic heterocycles. The number of fused-ring (bicyclic) bond motifs is 1. The Morgan fingerprint density at radius 2 is 1.57 bits per heavy atom. The summed E-state index contributed by atoms with van der Waals surface area (Å²) in [7, 11) is 17.7. The van der Waals surface area contributed by atoms with E-state index >= 15 is 0 Å². The molecule has 0 aliphatic carbocycles. The van der Waals surface area contributed by atoms with Gasteiger partial charge in [0, 0.05) is 22.7 Å². The molecule has 0 aliphatic heterocycles. The van der Waals surface area contributed by atoms with Crippen LogP contribution in [-0.4, -0.2) is 43.7 Å². The van der Waals surface area contributed by atoms with E-state index in [2.05, 4.69) is 20.2 Å². The van der Waals surface area contributed by atoms with E-state index < -0.39 is 5.11 Å². The number of hydrogen-bond donors (Lipinski definition) is 1. The van der Waals surface area contributed by atoms with Gasteiger partial charge < -0.3 is 5.73 Å². The molecule has 2 N–H and O–H groups in total. The molecule has 9 heteroatoms. The molecule has 2 aromatic carbocycles. The second kappa shape index (κ2) is 6.75. The van der Waals surface area contributed by atoms with Crippen molar-refractivity contribution >= 4 is 40.4 Å². The van der Waals surface area contributed by atoms with Gasteiger partial charge in [-0.1, -0.05) is 11.6 Å². The first kappa shape index (κ1) is 18.2. The maximum absolute atomic E-state index is 13.3. The van der Waals surface area contributed by atoms with E-state index in [1.807, 2.05) is 12.1 Å². The molecule has 0 bridgehead atoms. The van der Waals surface area contributed by atoms with E-state index in [0.717, 1.165) is 0 Å². The molecule has 0 unspecified atom stereocenters. The third kappa shape index (κ3) is 3.35. The number of pyridine rings is 1. The van der Waals surface area contributed by atoms with Crippen LogP contribution >= 0.6 is 0 Å². The smallest absolute Gasteiger partial charge is 0.240 e. The van der Waals surface area contributed by atoms with E-state index in [-0.39, 0.29) is 11.8 Å². The Morgan fingerprint density at radius 1 is 0.857 bits per heavy atom. The molecule has 0 atom stereocenters. The van der Waals surface area contributed by atoms with Gasteiger partial charge in [-0.2, -0.15) is 0 Å². The van der Waals surface area contributed by atoms with Crippen LogP contribution in [0.1, 0.15) is 5.56 Å². The van der Waals surface area contributed by atoms with E-state index in [4.69, 9.17) is 29.3 Å². The van der Waals surface area contributed by atoms with E-state index in [1.54, 1.807) is 30.5 Å². The van der Waals surface area contributed by atoms with Crippen molar-refractivity contribution in [1.82, 2.24) is 20.2 Å². The van der Waals surface area contributed by atoms with E-state index in [0.29, 0.717) is 39.0 Å². The van der Waals surface area contributed by atoms with Crippen LogP contribution < -0.4 is 5.73 Å². The fourth-order valence-corrected chi connectivity index (χ4v) is 3.01. The number of anilines is 1. The number of rotatable bonds is 3. The van der Waals surface area contributed by atoms with Crippen LogP contribution in [0.25, 0.3) is 33.4 Å². The highest BCUT2D eigenvalue weighted by atomic mass is 19.1. The van der Waals surface area contributed by atoms with Crippen molar-refractivity contribution in [3.05, 3.63) is 66.1 Å². The molecule has 6 radical (unpaired) electrons. The fraction of sp³-hybridized carbons (Fsp3) is 0.0526. The molecule has 0 spiro atoms. The molecule has 0 amide bonds. The van der Waals surface area contributed by atoms with Crippen molar-refractivity contribution in [2.45, 2.75) is 5.11 Å². The molecular weight excluding hydrogens is 350 g/mol. The minimum Gasteiger partial charge on any atom is -0.366 e. The Labute approximate surface area is 164 Å². The number of nitrogens with zero attached hydrogens (tertiary/aromatic N) is 4. The first-order valence-electron chi connectivity index (χ1n) is 8.35. The summed E-state index contributed by atoms with van der Waals surface area (Å²) in [5.41, 5.74) is 9.20. The van der Waals surface area contributed by atoms with Crippen LogP contribution in [0.15, 0.2) is 54.7 Å². The largest absolute Gasteiger partial charge is 0.366 e. The minimum atomic E-state index is -1.54. The van der Waals surface area contributed by atoms with Gasteiger partial charge in [-0.15, -0.1) is 15.3 Å². The predicted octanol–water partition coefficient (Wildman–Crippen LogP) is 2.09. The first-order chi connectivity index (χ1) is 13.3. The topological polar surface area (TPSA) is 77.6 Å². The van der Waals surface area contributed by atoms with E-state index in [1.165, 1.54) is 12.1 Å². The minimum absolute atomic E-state index is 0.0103. The lowest BCUT2D eigenvalue weighted by Crippen LogP contribution is -2.27. The summed E-state index contributed by atoms with van der Waals surface area (Å²) >= 11 is 0. The van der Waals surface area contributed by atoms with Crippen molar-refractivity contribution in [3.8, 4) is 22.5 Å². The molecule has 2 heterocycles. The van der Waals surface area contributed by atoms with Gasteiger partial charge in [0.1, 0.15) is 17.2 Å². The summed E-state index contributed by atoms with van der Waals surface area (Å²) in [5, 5.41) is 7.20. The predicted molar refractivity (Wildman–Crippen MR) is 109 cm³/mol. The van der Waals surface area contributed by atoms with Crippen LogP contribution in [0.4, 0.5) is 10.3 Å². The molecule has 0 fully saturated rings. The number of hydrogen-bond acceptors (Lipinski definition) is 5. The van der Waals surface area contributed by atoms with Crippen LogP contribution in [0.3, 0.4) is 0 Å². The van der Waals surface area contributed by atoms with Crippen LogP contribution in [0.2, 0.25) is 0 Å². The highest BCUT2D eigenvalue weighted by Crippen LogP contribution is 2.32. The monoisotopic (exact) mass is 361 g/mol. The standard InChI is InChI=1S/C19H11B3FN5/c20-19(21,22)14-7-8-25-15-6-3-11(9-13(14)15)17-16(26-18(24)28-27-17)10-1-4-12(23)5-2-10/h1-9H,(H2,24,26,28). The van der Waals surface area contributed by atoms with Gasteiger partial charge in [-0.05, 0) is 42.5 Å². The molecule has 4 rings (SSSR count). The average molecular weight is 361 g/mol. The maximum Gasteiger partial charge on any atom is 0.240 e. The molecule has 0 aliphatic rings. The third-order valence-corrected chi connectivity index (χ3v) is 4.30. The summed E-state index contributed by atoms with van der Waals surface area (Å²) in [5.74, 6) is -0.344. The highest BCUT2D eigenvalue weighted by molar-refractivity contribution is 6.59. The molecule has 28 heavy (non-hydrogen) atoms. The van der Waals surface area contributed by atoms with Crippen molar-refractivity contribution in [2.75, 3.05) is 5.73 Å². The Kier molecular flexibility index (Phi) is 4.38. The maximum atomic E-state index is 13.3. The number of nitrogen functional groups attached to an aromatic ring is 1. The average Bonchev–Trinajstić information content (AvgIpc) is 2.67. The Morgan fingerprint density at radius 3 is 2.29 bits per heavy atom. The van der Waals surface area contributed by atoms with Crippen molar-refractivity contribution in [1.29, 1.82) is 0 Å². The molecule has 0 saturated carbocycles. The summed E-state index contributed by atoms with van der Waals surface area (Å²) in [6, 6.07) is 13.0. The van der Waals surface area contributed by atoms with Gasteiger partial charge in [0.05, 0.1) is 29.1 Å². The number of nitrogens with two attached hydrogens (primary N) is 1. The summed E-state index contributed by atoms with van der Waals surface area (Å²) in [6.45, 7) is 0. The molecule has 0 saturated heterocycles. The molecule has 4 aromatic rings. The van der Waals surface area contributed by atoms with Gasteiger partial charge >= 0.3 is 0 Å². The van der Waals surface area contributed by atoms with Crippen molar-refractivity contribution in [2.24, 2.45) is 0 Å². The second-order valence-corrected chi connectivity index (χ2v) is 6.40. The zero-order valence-electron chi connectivity index (χ0n) is 14.7. The van der Waals surface area contributed by atoms with Crippen LogP contribution in [0.5, 0.6) is 0 Å². The normalized spacial score (nSPS) is 11.6. The van der Waals surface area contributed by atoms with Crippen LogP contribution in [-0.2, 0) is 5.11 Å². The Hall–Kier alpha value is -3.22. The lowest BCUT2D eigenvalue weighted by atomic mass is 9.40. The molecular formula is C19H11B3FN5. The summed E-state index contributed by atoms with van der Waals surface area (Å²) in [4.78, 5) is 8.61. The SMILES string of the molecule is [B]C([B])([B])c1ccnc2ccc(-c3nnc(N)nc3-c3ccc(F)cc3)cc12. The number of benzene rings is 2. The zero-order valence-corrected chi connectivity index (χ0v) is 14.7. The summed E-state index contributed by atoms with van der Waals surface area (Å²) < 4.78 is 13.3. The van der Waals surface area contributed by atoms with Crippen molar-refractivity contribution < 1.29 is 4.39 Å². The first-order valence-corrected chi connectivity index (χ1v) is 8.35. The molecule has 128 valence electrons. The Balaban J connectivity index is 1.95. The van der Waals surface area contributed by atoms with Gasteiger partial charge in [0.15, 0.2) is 0 Å². The van der Waals surface area contributed by atoms with Gasteiger partial charge in [0.25, 0.3) is 0 Å². The lowest BCUT2D eigenvalue weighted by molar-refractivity contribution is 0.628. The zero-order chi connectivity index (χ0) is 19.9. The van der Waals surface area contributed by atoms with Gasteiger partial charge in [-0.3, -0.25) is 4.98 Å². The van der Waals surface area contributed by atoms with E-state index in [9.17, 15) is 4.39 Å². The lowest BCUT2D eigenvalue weighted by Gasteiger charge is -2.22. The fourth-order valence-electron chi connectivity index (χ4n) is 3.01. The summed E-state index contributed by atoms with van der Waals surface area (Å²) in [6.07, 6.45) is 1.59. The van der Waals surface area contributed by atoms with Gasteiger partial charge in [0.2, 0.25) is 5.95 Å². The highest BCUT2D eigenvalue weighted by Gasteiger charge is 2.18. The third-order valence-electron chi connectivity index (χ3n) is 4.30. The van der Waals surface area contributed by atoms with Gasteiger partial charge in [-0.25, -0.2) is 9.37 Å². The quantitative estimate of drug-likeness (QED) is 0.566. The number of halogens is 1. The second-order valence-electron chi connectivity index (χ2n) is 6.40.